The minimum Gasteiger partial charge on any atom is -0.493 e. The molecular formula is C21H24N2O3S2. The maximum absolute atomic E-state index is 13.2. The molecule has 5 nitrogen and oxygen atoms in total. The molecule has 0 spiro atoms. The lowest BCUT2D eigenvalue weighted by molar-refractivity contribution is 0.183. The molecule has 0 N–H and O–H groups in total. The van der Waals surface area contributed by atoms with E-state index in [4.69, 9.17) is 14.5 Å². The zero-order valence-electron chi connectivity index (χ0n) is 16.2. The van der Waals surface area contributed by atoms with Gasteiger partial charge in [-0.2, -0.15) is 0 Å². The van der Waals surface area contributed by atoms with Gasteiger partial charge in [-0.1, -0.05) is 23.9 Å². The minimum absolute atomic E-state index is 0.0727. The molecule has 0 atom stereocenters. The van der Waals surface area contributed by atoms with Crippen LogP contribution in [0.1, 0.15) is 22.4 Å². The minimum atomic E-state index is 0.0727. The van der Waals surface area contributed by atoms with Crippen LogP contribution in [0.3, 0.4) is 0 Å². The first kappa shape index (κ1) is 19.5. The number of methoxy groups -OCH3 is 1. The Kier molecular flexibility index (Phi) is 6.04. The van der Waals surface area contributed by atoms with E-state index >= 15 is 0 Å². The summed E-state index contributed by atoms with van der Waals surface area (Å²) >= 11 is 3.25. The van der Waals surface area contributed by atoms with Crippen molar-refractivity contribution in [2.45, 2.75) is 37.9 Å². The second-order valence-electron chi connectivity index (χ2n) is 6.89. The summed E-state index contributed by atoms with van der Waals surface area (Å²) in [4.78, 5) is 20.3. The van der Waals surface area contributed by atoms with Gasteiger partial charge in [0.15, 0.2) is 5.16 Å². The third kappa shape index (κ3) is 3.97. The van der Waals surface area contributed by atoms with E-state index in [9.17, 15) is 4.79 Å². The topological polar surface area (TPSA) is 53.4 Å². The molecule has 28 heavy (non-hydrogen) atoms. The summed E-state index contributed by atoms with van der Waals surface area (Å²) in [5, 5.41) is 1.58. The summed E-state index contributed by atoms with van der Waals surface area (Å²) in [5.41, 5.74) is 2.47. The van der Waals surface area contributed by atoms with Crippen LogP contribution < -0.4 is 10.3 Å². The number of benzene rings is 1. The predicted octanol–water partition coefficient (Wildman–Crippen LogP) is 4.07. The van der Waals surface area contributed by atoms with E-state index in [0.717, 1.165) is 46.1 Å². The van der Waals surface area contributed by atoms with Crippen molar-refractivity contribution in [1.82, 2.24) is 9.55 Å². The zero-order valence-corrected chi connectivity index (χ0v) is 17.8. The Labute approximate surface area is 172 Å². The Hall–Kier alpha value is -1.83. The summed E-state index contributed by atoms with van der Waals surface area (Å²) in [7, 11) is 1.65. The average molecular weight is 417 g/mol. The maximum atomic E-state index is 13.2. The largest absolute Gasteiger partial charge is 0.493 e. The molecule has 2 heterocycles. The molecular weight excluding hydrogens is 392 g/mol. The fourth-order valence-electron chi connectivity index (χ4n) is 3.55. The molecule has 0 fully saturated rings. The molecule has 1 aromatic carbocycles. The Morgan fingerprint density at radius 1 is 1.29 bits per heavy atom. The zero-order chi connectivity index (χ0) is 19.5. The first-order valence-corrected chi connectivity index (χ1v) is 11.3. The molecule has 0 bridgehead atoms. The van der Waals surface area contributed by atoms with Crippen molar-refractivity contribution in [3.8, 4) is 5.75 Å². The number of ether oxygens (including phenoxy) is 2. The number of hydrogen-bond donors (Lipinski definition) is 0. The van der Waals surface area contributed by atoms with E-state index in [-0.39, 0.29) is 5.56 Å². The molecule has 0 radical (unpaired) electrons. The number of rotatable bonds is 8. The van der Waals surface area contributed by atoms with Crippen LogP contribution in [0, 0.1) is 6.92 Å². The molecule has 3 aromatic rings. The fraction of sp³-hybridized carbons (Fsp3) is 0.429. The van der Waals surface area contributed by atoms with Crippen LogP contribution in [-0.4, -0.2) is 35.6 Å². The lowest BCUT2D eigenvalue weighted by Gasteiger charge is -2.12. The number of fused-ring (bicyclic) bond motifs is 3. The molecule has 0 saturated heterocycles. The van der Waals surface area contributed by atoms with Gasteiger partial charge in [0.05, 0.1) is 25.1 Å². The highest BCUT2D eigenvalue weighted by Crippen LogP contribution is 2.35. The first-order valence-electron chi connectivity index (χ1n) is 9.53. The third-order valence-electron chi connectivity index (χ3n) is 4.88. The Morgan fingerprint density at radius 3 is 3.00 bits per heavy atom. The molecule has 0 unspecified atom stereocenters. The quantitative estimate of drug-likeness (QED) is 0.315. The summed E-state index contributed by atoms with van der Waals surface area (Å²) in [5.74, 6) is 1.60. The van der Waals surface area contributed by atoms with Gasteiger partial charge in [0, 0.05) is 17.7 Å². The van der Waals surface area contributed by atoms with Gasteiger partial charge in [0.1, 0.15) is 10.6 Å². The molecule has 0 saturated carbocycles. The highest BCUT2D eigenvalue weighted by molar-refractivity contribution is 7.99. The van der Waals surface area contributed by atoms with Gasteiger partial charge in [0.2, 0.25) is 0 Å². The van der Waals surface area contributed by atoms with Crippen molar-refractivity contribution < 1.29 is 9.47 Å². The normalized spacial score (nSPS) is 13.2. The smallest absolute Gasteiger partial charge is 0.263 e. The van der Waals surface area contributed by atoms with Gasteiger partial charge in [-0.25, -0.2) is 4.98 Å². The van der Waals surface area contributed by atoms with Crippen LogP contribution in [0.2, 0.25) is 0 Å². The van der Waals surface area contributed by atoms with Crippen molar-refractivity contribution in [2.75, 3.05) is 26.1 Å². The van der Waals surface area contributed by atoms with E-state index in [1.807, 2.05) is 31.2 Å². The van der Waals surface area contributed by atoms with Crippen LogP contribution in [0.4, 0.5) is 0 Å². The van der Waals surface area contributed by atoms with E-state index < -0.39 is 0 Å². The summed E-state index contributed by atoms with van der Waals surface area (Å²) in [6.45, 7) is 3.62. The van der Waals surface area contributed by atoms with Crippen molar-refractivity contribution >= 4 is 33.3 Å². The second kappa shape index (κ2) is 8.68. The van der Waals surface area contributed by atoms with Gasteiger partial charge in [0.25, 0.3) is 5.56 Å². The first-order chi connectivity index (χ1) is 13.7. The van der Waals surface area contributed by atoms with E-state index in [0.29, 0.717) is 19.8 Å². The number of hydrogen-bond acceptors (Lipinski definition) is 6. The maximum Gasteiger partial charge on any atom is 0.263 e. The fourth-order valence-corrected chi connectivity index (χ4v) is 5.69. The van der Waals surface area contributed by atoms with Crippen LogP contribution in [0.15, 0.2) is 34.2 Å². The molecule has 1 aliphatic carbocycles. The van der Waals surface area contributed by atoms with Crippen molar-refractivity contribution in [3.05, 3.63) is 50.6 Å². The van der Waals surface area contributed by atoms with Crippen LogP contribution >= 0.6 is 23.1 Å². The Morgan fingerprint density at radius 2 is 2.18 bits per heavy atom. The van der Waals surface area contributed by atoms with Crippen molar-refractivity contribution in [2.24, 2.45) is 0 Å². The average Bonchev–Trinajstić information content (AvgIpc) is 3.25. The molecule has 4 rings (SSSR count). The van der Waals surface area contributed by atoms with Gasteiger partial charge in [-0.3, -0.25) is 9.36 Å². The Balaban J connectivity index is 1.54. The lowest BCUT2D eigenvalue weighted by atomic mass is 10.2. The summed E-state index contributed by atoms with van der Waals surface area (Å²) < 4.78 is 12.8. The van der Waals surface area contributed by atoms with E-state index in [1.54, 1.807) is 34.8 Å². The SMILES string of the molecule is COCCn1c(SCCOc2cccc(C)c2)nc2sc3c(c2c1=O)CCC3. The van der Waals surface area contributed by atoms with Gasteiger partial charge >= 0.3 is 0 Å². The van der Waals surface area contributed by atoms with Gasteiger partial charge < -0.3 is 9.47 Å². The number of aromatic nitrogens is 2. The van der Waals surface area contributed by atoms with E-state index in [2.05, 4.69) is 0 Å². The van der Waals surface area contributed by atoms with Crippen molar-refractivity contribution in [3.63, 3.8) is 0 Å². The molecule has 2 aromatic heterocycles. The van der Waals surface area contributed by atoms with Crippen LogP contribution in [0.5, 0.6) is 5.75 Å². The summed E-state index contributed by atoms with van der Waals surface area (Å²) in [6, 6.07) is 8.03. The number of thiophene rings is 1. The molecule has 0 amide bonds. The highest BCUT2D eigenvalue weighted by atomic mass is 32.2. The number of thioether (sulfide) groups is 1. The van der Waals surface area contributed by atoms with Gasteiger partial charge in [-0.05, 0) is 49.4 Å². The monoisotopic (exact) mass is 416 g/mol. The standard InChI is InChI=1S/C21H24N2O3S2/c1-14-5-3-6-15(13-14)26-11-12-27-21-22-19-18(16-7-4-8-17(16)28-19)20(24)23(21)9-10-25-2/h3,5-6,13H,4,7-12H2,1-2H3. The van der Waals surface area contributed by atoms with Gasteiger partial charge in [-0.15, -0.1) is 11.3 Å². The molecule has 1 aliphatic rings. The highest BCUT2D eigenvalue weighted by Gasteiger charge is 2.23. The molecule has 148 valence electrons. The number of nitrogens with zero attached hydrogens (tertiary/aromatic N) is 2. The van der Waals surface area contributed by atoms with Crippen LogP contribution in [-0.2, 0) is 24.1 Å². The number of aryl methyl sites for hydroxylation is 3. The summed E-state index contributed by atoms with van der Waals surface area (Å²) in [6.07, 6.45) is 3.20. The predicted molar refractivity (Wildman–Crippen MR) is 115 cm³/mol. The molecule has 7 heteroatoms. The third-order valence-corrected chi connectivity index (χ3v) is 7.01. The van der Waals surface area contributed by atoms with Crippen LogP contribution in [0.25, 0.3) is 10.2 Å². The Bertz CT molecular complexity index is 1040. The molecule has 0 aliphatic heterocycles. The lowest BCUT2D eigenvalue weighted by Crippen LogP contribution is -2.25. The second-order valence-corrected chi connectivity index (χ2v) is 9.04. The van der Waals surface area contributed by atoms with E-state index in [1.165, 1.54) is 16.0 Å². The van der Waals surface area contributed by atoms with Crippen molar-refractivity contribution in [1.29, 1.82) is 0 Å².